The molecule has 3 heterocycles. The van der Waals surface area contributed by atoms with Gasteiger partial charge in [-0.1, -0.05) is 35.1 Å². The van der Waals surface area contributed by atoms with Crippen molar-refractivity contribution in [1.82, 2.24) is 14.6 Å². The van der Waals surface area contributed by atoms with Crippen LogP contribution in [0.25, 0.3) is 4.96 Å². The minimum Gasteiger partial charge on any atom is -0.492 e. The number of nitrogens with zero attached hydrogens (tertiary/aromatic N) is 3. The fraction of sp³-hybridized carbons (Fsp3) is 0.444. The number of aliphatic hydroxyl groups excluding tert-OH is 1. The molecule has 4 rings (SSSR count). The Balaban J connectivity index is 1.81. The third kappa shape index (κ3) is 3.03. The Morgan fingerprint density at radius 3 is 2.72 bits per heavy atom. The molecule has 0 bridgehead atoms. The lowest BCUT2D eigenvalue weighted by Crippen LogP contribution is -3.13. The highest BCUT2D eigenvalue weighted by Crippen LogP contribution is 2.35. The number of aromatic hydroxyl groups is 1. The van der Waals surface area contributed by atoms with Crippen LogP contribution in [-0.2, 0) is 0 Å². The van der Waals surface area contributed by atoms with Crippen molar-refractivity contribution in [2.45, 2.75) is 38.8 Å². The molecule has 132 valence electrons. The molecule has 2 aromatic heterocycles. The molecular formula is C18H23N4O2S+. The van der Waals surface area contributed by atoms with E-state index in [9.17, 15) is 10.2 Å². The van der Waals surface area contributed by atoms with E-state index >= 15 is 0 Å². The number of hydrogen-bond donors (Lipinski definition) is 3. The van der Waals surface area contributed by atoms with Crippen molar-refractivity contribution in [3.8, 4) is 5.88 Å². The molecular weight excluding hydrogens is 336 g/mol. The number of likely N-dealkylation sites (tertiary alicyclic amines) is 1. The first-order valence-corrected chi connectivity index (χ1v) is 9.49. The molecule has 7 heteroatoms. The number of aliphatic hydroxyl groups is 1. The molecule has 25 heavy (non-hydrogen) atoms. The maximum atomic E-state index is 10.8. The van der Waals surface area contributed by atoms with Gasteiger partial charge in [0.15, 0.2) is 6.04 Å². The summed E-state index contributed by atoms with van der Waals surface area (Å²) in [6, 6.07) is 8.48. The van der Waals surface area contributed by atoms with Crippen molar-refractivity contribution in [3.05, 3.63) is 46.1 Å². The van der Waals surface area contributed by atoms with Crippen LogP contribution in [0.3, 0.4) is 0 Å². The minimum absolute atomic E-state index is 0.0289. The summed E-state index contributed by atoms with van der Waals surface area (Å²) in [7, 11) is 0. The summed E-state index contributed by atoms with van der Waals surface area (Å²) in [6.45, 7) is 5.67. The van der Waals surface area contributed by atoms with E-state index < -0.39 is 0 Å². The highest BCUT2D eigenvalue weighted by molar-refractivity contribution is 7.17. The van der Waals surface area contributed by atoms with Crippen LogP contribution < -0.4 is 4.90 Å². The zero-order chi connectivity index (χ0) is 17.6. The largest absolute Gasteiger partial charge is 0.492 e. The van der Waals surface area contributed by atoms with Crippen molar-refractivity contribution in [2.75, 3.05) is 13.1 Å². The number of thiazole rings is 1. The lowest BCUT2D eigenvalue weighted by Gasteiger charge is -2.33. The zero-order valence-electron chi connectivity index (χ0n) is 14.4. The number of piperidine rings is 1. The highest BCUT2D eigenvalue weighted by Gasteiger charge is 2.35. The van der Waals surface area contributed by atoms with Gasteiger partial charge in [-0.15, -0.1) is 5.10 Å². The SMILES string of the molecule is Cc1cccc([C@@H](c2sc3nc(C)nn3c2O)[NH+]2CCC(O)CC2)c1. The molecule has 0 amide bonds. The van der Waals surface area contributed by atoms with E-state index in [2.05, 4.69) is 41.3 Å². The monoisotopic (exact) mass is 359 g/mol. The molecule has 1 aliphatic rings. The standard InChI is InChI=1S/C18H22N4O2S/c1-11-4-3-5-13(10-11)15(21-8-6-14(23)7-9-21)16-17(24)22-18(25-16)19-12(2)20-22/h3-5,10,14-15,23-24H,6-9H2,1-2H3/p+1/t15-/m0/s1. The number of quaternary nitrogens is 1. The van der Waals surface area contributed by atoms with E-state index in [1.807, 2.05) is 6.92 Å². The Kier molecular flexibility index (Phi) is 4.23. The lowest BCUT2D eigenvalue weighted by molar-refractivity contribution is -0.931. The second-order valence-corrected chi connectivity index (χ2v) is 7.89. The Bertz CT molecular complexity index is 896. The van der Waals surface area contributed by atoms with Crippen LogP contribution in [0.15, 0.2) is 24.3 Å². The first kappa shape index (κ1) is 16.5. The Hall–Kier alpha value is -1.96. The first-order chi connectivity index (χ1) is 12.0. The van der Waals surface area contributed by atoms with E-state index in [-0.39, 0.29) is 18.0 Å². The average Bonchev–Trinajstić information content (AvgIpc) is 3.08. The maximum absolute atomic E-state index is 10.8. The summed E-state index contributed by atoms with van der Waals surface area (Å²) in [6.07, 6.45) is 1.37. The number of aromatic nitrogens is 3. The molecule has 1 atom stereocenters. The second kappa shape index (κ2) is 6.40. The van der Waals surface area contributed by atoms with Crippen LogP contribution in [0.5, 0.6) is 5.88 Å². The molecule has 3 aromatic rings. The number of aryl methyl sites for hydroxylation is 2. The van der Waals surface area contributed by atoms with Gasteiger partial charge in [-0.2, -0.15) is 4.52 Å². The Morgan fingerprint density at radius 1 is 1.28 bits per heavy atom. The molecule has 0 unspecified atom stereocenters. The van der Waals surface area contributed by atoms with Crippen molar-refractivity contribution < 1.29 is 15.1 Å². The van der Waals surface area contributed by atoms with E-state index in [0.717, 1.165) is 35.8 Å². The molecule has 1 saturated heterocycles. The van der Waals surface area contributed by atoms with Gasteiger partial charge < -0.3 is 15.1 Å². The summed E-state index contributed by atoms with van der Waals surface area (Å²) in [4.78, 5) is 7.39. The molecule has 0 radical (unpaired) electrons. The van der Waals surface area contributed by atoms with Crippen LogP contribution >= 0.6 is 11.3 Å². The van der Waals surface area contributed by atoms with Crippen molar-refractivity contribution >= 4 is 16.3 Å². The van der Waals surface area contributed by atoms with Gasteiger partial charge >= 0.3 is 0 Å². The molecule has 1 aliphatic heterocycles. The summed E-state index contributed by atoms with van der Waals surface area (Å²) in [5.41, 5.74) is 2.39. The van der Waals surface area contributed by atoms with Crippen molar-refractivity contribution in [1.29, 1.82) is 0 Å². The van der Waals surface area contributed by atoms with E-state index in [4.69, 9.17) is 0 Å². The predicted molar refractivity (Wildman–Crippen MR) is 96.2 cm³/mol. The van der Waals surface area contributed by atoms with Gasteiger partial charge in [0.2, 0.25) is 10.8 Å². The predicted octanol–water partition coefficient (Wildman–Crippen LogP) is 1.24. The molecule has 0 saturated carbocycles. The summed E-state index contributed by atoms with van der Waals surface area (Å²) in [5.74, 6) is 0.847. The number of hydrogen-bond acceptors (Lipinski definition) is 5. The van der Waals surface area contributed by atoms with Crippen LogP contribution in [0.4, 0.5) is 0 Å². The van der Waals surface area contributed by atoms with E-state index in [0.29, 0.717) is 5.82 Å². The van der Waals surface area contributed by atoms with E-state index in [1.54, 1.807) is 0 Å². The van der Waals surface area contributed by atoms with Gasteiger partial charge in [-0.3, -0.25) is 0 Å². The summed E-state index contributed by atoms with van der Waals surface area (Å²) < 4.78 is 1.54. The van der Waals surface area contributed by atoms with Crippen LogP contribution in [0, 0.1) is 13.8 Å². The summed E-state index contributed by atoms with van der Waals surface area (Å²) >= 11 is 1.50. The molecule has 0 spiro atoms. The molecule has 1 aromatic carbocycles. The topological polar surface area (TPSA) is 75.1 Å². The fourth-order valence-electron chi connectivity index (χ4n) is 3.72. The van der Waals surface area contributed by atoms with Crippen molar-refractivity contribution in [3.63, 3.8) is 0 Å². The van der Waals surface area contributed by atoms with Gasteiger partial charge in [0, 0.05) is 18.4 Å². The fourth-order valence-corrected chi connectivity index (χ4v) is 4.91. The van der Waals surface area contributed by atoms with Crippen LogP contribution in [0.1, 0.15) is 40.7 Å². The van der Waals surface area contributed by atoms with Crippen LogP contribution in [0.2, 0.25) is 0 Å². The minimum atomic E-state index is -0.208. The molecule has 1 fully saturated rings. The smallest absolute Gasteiger partial charge is 0.235 e. The van der Waals surface area contributed by atoms with Gasteiger partial charge in [0.1, 0.15) is 10.7 Å². The second-order valence-electron chi connectivity index (χ2n) is 6.88. The van der Waals surface area contributed by atoms with Gasteiger partial charge in [0.25, 0.3) is 0 Å². The quantitative estimate of drug-likeness (QED) is 0.658. The number of benzene rings is 1. The number of nitrogens with one attached hydrogen (secondary N) is 1. The number of rotatable bonds is 3. The zero-order valence-corrected chi connectivity index (χ0v) is 15.3. The lowest BCUT2D eigenvalue weighted by atomic mass is 9.98. The third-order valence-corrected chi connectivity index (χ3v) is 6.03. The number of fused-ring (bicyclic) bond motifs is 1. The molecule has 0 aliphatic carbocycles. The van der Waals surface area contributed by atoms with Gasteiger partial charge in [-0.05, 0) is 19.9 Å². The first-order valence-electron chi connectivity index (χ1n) is 8.67. The van der Waals surface area contributed by atoms with Crippen LogP contribution in [-0.4, -0.2) is 44.0 Å². The maximum Gasteiger partial charge on any atom is 0.235 e. The molecule has 3 N–H and O–H groups in total. The third-order valence-electron chi connectivity index (χ3n) is 4.95. The Labute approximate surface area is 150 Å². The normalized spacial score (nSPS) is 22.4. The molecule has 6 nitrogen and oxygen atoms in total. The van der Waals surface area contributed by atoms with Gasteiger partial charge in [0.05, 0.1) is 19.2 Å². The van der Waals surface area contributed by atoms with E-state index in [1.165, 1.54) is 31.9 Å². The Morgan fingerprint density at radius 2 is 2.04 bits per heavy atom. The summed E-state index contributed by atoms with van der Waals surface area (Å²) in [5, 5.41) is 25.0. The average molecular weight is 359 g/mol. The van der Waals surface area contributed by atoms with Crippen molar-refractivity contribution in [2.24, 2.45) is 0 Å². The highest BCUT2D eigenvalue weighted by atomic mass is 32.1. The van der Waals surface area contributed by atoms with Gasteiger partial charge in [-0.25, -0.2) is 4.98 Å².